The molecule has 0 aromatic rings. The number of hydrogen-bond donors (Lipinski definition) is 1. The second-order valence-electron chi connectivity index (χ2n) is 5.10. The first kappa shape index (κ1) is 14.0. The van der Waals surface area contributed by atoms with E-state index in [2.05, 4.69) is 40.0 Å². The van der Waals surface area contributed by atoms with Crippen molar-refractivity contribution < 1.29 is 4.79 Å². The van der Waals surface area contributed by atoms with E-state index in [-0.39, 0.29) is 5.91 Å². The summed E-state index contributed by atoms with van der Waals surface area (Å²) < 4.78 is 0. The minimum Gasteiger partial charge on any atom is -0.352 e. The van der Waals surface area contributed by atoms with Gasteiger partial charge in [0.15, 0.2) is 0 Å². The molecule has 1 amide bonds. The van der Waals surface area contributed by atoms with Gasteiger partial charge in [0.1, 0.15) is 0 Å². The van der Waals surface area contributed by atoms with Crippen LogP contribution in [-0.2, 0) is 4.79 Å². The molecule has 1 heterocycles. The number of alkyl halides is 1. The van der Waals surface area contributed by atoms with Crippen molar-refractivity contribution in [2.45, 2.75) is 33.2 Å². The normalized spacial score (nSPS) is 23.7. The van der Waals surface area contributed by atoms with Crippen LogP contribution >= 0.6 is 15.9 Å². The van der Waals surface area contributed by atoms with E-state index >= 15 is 0 Å². The van der Waals surface area contributed by atoms with Crippen LogP contribution in [0.4, 0.5) is 0 Å². The Labute approximate surface area is 107 Å². The third-order valence-electron chi connectivity index (χ3n) is 3.31. The van der Waals surface area contributed by atoms with Gasteiger partial charge in [0.2, 0.25) is 5.91 Å². The molecule has 3 nitrogen and oxygen atoms in total. The molecule has 1 aliphatic heterocycles. The quantitative estimate of drug-likeness (QED) is 0.784. The van der Waals surface area contributed by atoms with Crippen LogP contribution in [0.2, 0.25) is 0 Å². The highest BCUT2D eigenvalue weighted by atomic mass is 79.9. The third kappa shape index (κ3) is 4.42. The molecule has 1 fully saturated rings. The third-order valence-corrected chi connectivity index (χ3v) is 4.15. The number of nitrogens with one attached hydrogen (secondary N) is 1. The maximum Gasteiger partial charge on any atom is 0.217 e. The minimum absolute atomic E-state index is 0.0905. The van der Waals surface area contributed by atoms with Gasteiger partial charge in [-0.25, -0.2) is 0 Å². The van der Waals surface area contributed by atoms with Gasteiger partial charge in [0.05, 0.1) is 0 Å². The molecule has 94 valence electrons. The summed E-state index contributed by atoms with van der Waals surface area (Å²) in [6.07, 6.45) is 1.09. The predicted octanol–water partition coefficient (Wildman–Crippen LogP) is 1.86. The fourth-order valence-electron chi connectivity index (χ4n) is 2.17. The lowest BCUT2D eigenvalue weighted by Gasteiger charge is -2.25. The van der Waals surface area contributed by atoms with Crippen molar-refractivity contribution >= 4 is 21.8 Å². The summed E-state index contributed by atoms with van der Waals surface area (Å²) >= 11 is 3.58. The SMILES string of the molecule is CC(=O)NC1CCN(CC(CBr)C(C)C)C1. The van der Waals surface area contributed by atoms with Gasteiger partial charge in [-0.15, -0.1) is 0 Å². The summed E-state index contributed by atoms with van der Waals surface area (Å²) in [5.41, 5.74) is 0. The van der Waals surface area contributed by atoms with Crippen molar-refractivity contribution in [2.75, 3.05) is 25.0 Å². The van der Waals surface area contributed by atoms with Gasteiger partial charge in [-0.2, -0.15) is 0 Å². The summed E-state index contributed by atoms with van der Waals surface area (Å²) in [6.45, 7) is 9.40. The fourth-order valence-corrected chi connectivity index (χ4v) is 3.13. The highest BCUT2D eigenvalue weighted by Gasteiger charge is 2.25. The average Bonchev–Trinajstić information content (AvgIpc) is 2.60. The van der Waals surface area contributed by atoms with E-state index in [1.165, 1.54) is 0 Å². The van der Waals surface area contributed by atoms with E-state index in [1.54, 1.807) is 6.92 Å². The molecule has 2 unspecified atom stereocenters. The molecule has 1 N–H and O–H groups in total. The van der Waals surface area contributed by atoms with Crippen LogP contribution in [0.5, 0.6) is 0 Å². The predicted molar refractivity (Wildman–Crippen MR) is 70.8 cm³/mol. The molecule has 4 heteroatoms. The number of likely N-dealkylation sites (tertiary alicyclic amines) is 1. The topological polar surface area (TPSA) is 32.3 Å². The highest BCUT2D eigenvalue weighted by Crippen LogP contribution is 2.18. The summed E-state index contributed by atoms with van der Waals surface area (Å²) in [6, 6.07) is 0.362. The van der Waals surface area contributed by atoms with Crippen LogP contribution in [-0.4, -0.2) is 41.8 Å². The first-order valence-electron chi connectivity index (χ1n) is 6.08. The number of carbonyl (C=O) groups excluding carboxylic acids is 1. The lowest BCUT2D eigenvalue weighted by atomic mass is 9.98. The maximum absolute atomic E-state index is 11.0. The number of amides is 1. The van der Waals surface area contributed by atoms with E-state index in [0.29, 0.717) is 17.9 Å². The second kappa shape index (κ2) is 6.60. The first-order chi connectivity index (χ1) is 7.52. The standard InChI is InChI=1S/C12H23BrN2O/c1-9(2)11(6-13)7-15-5-4-12(8-15)14-10(3)16/h9,11-12H,4-8H2,1-3H3,(H,14,16). The maximum atomic E-state index is 11.0. The molecule has 0 radical (unpaired) electrons. The van der Waals surface area contributed by atoms with Crippen LogP contribution < -0.4 is 5.32 Å². The van der Waals surface area contributed by atoms with Crippen molar-refractivity contribution in [1.82, 2.24) is 10.2 Å². The molecule has 16 heavy (non-hydrogen) atoms. The Morgan fingerprint density at radius 2 is 2.25 bits per heavy atom. The van der Waals surface area contributed by atoms with Gasteiger partial charge < -0.3 is 10.2 Å². The van der Waals surface area contributed by atoms with Gasteiger partial charge >= 0.3 is 0 Å². The van der Waals surface area contributed by atoms with Gasteiger partial charge in [0.25, 0.3) is 0 Å². The number of carbonyl (C=O) groups is 1. The lowest BCUT2D eigenvalue weighted by Crippen LogP contribution is -2.37. The van der Waals surface area contributed by atoms with Crippen molar-refractivity contribution in [1.29, 1.82) is 0 Å². The van der Waals surface area contributed by atoms with Gasteiger partial charge in [-0.05, 0) is 18.3 Å². The van der Waals surface area contributed by atoms with E-state index in [1.807, 2.05) is 0 Å². The summed E-state index contributed by atoms with van der Waals surface area (Å²) in [7, 11) is 0. The van der Waals surface area contributed by atoms with Crippen molar-refractivity contribution in [3.63, 3.8) is 0 Å². The summed E-state index contributed by atoms with van der Waals surface area (Å²) in [5.74, 6) is 1.50. The van der Waals surface area contributed by atoms with E-state index in [0.717, 1.165) is 31.4 Å². The smallest absolute Gasteiger partial charge is 0.217 e. The Bertz CT molecular complexity index is 233. The molecule has 1 saturated heterocycles. The van der Waals surface area contributed by atoms with E-state index < -0.39 is 0 Å². The zero-order valence-corrected chi connectivity index (χ0v) is 12.1. The zero-order valence-electron chi connectivity index (χ0n) is 10.5. The summed E-state index contributed by atoms with van der Waals surface area (Å²) in [5, 5.41) is 4.06. The van der Waals surface area contributed by atoms with Crippen LogP contribution in [0.15, 0.2) is 0 Å². The molecule has 0 aliphatic carbocycles. The minimum atomic E-state index is 0.0905. The Kier molecular flexibility index (Phi) is 5.76. The van der Waals surface area contributed by atoms with Crippen LogP contribution in [0.1, 0.15) is 27.2 Å². The van der Waals surface area contributed by atoms with Gasteiger partial charge in [-0.3, -0.25) is 4.79 Å². The van der Waals surface area contributed by atoms with Crippen LogP contribution in [0.25, 0.3) is 0 Å². The molecule has 0 bridgehead atoms. The summed E-state index contributed by atoms with van der Waals surface area (Å²) in [4.78, 5) is 13.4. The van der Waals surface area contributed by atoms with Crippen molar-refractivity contribution in [2.24, 2.45) is 11.8 Å². The van der Waals surface area contributed by atoms with Crippen molar-refractivity contribution in [3.05, 3.63) is 0 Å². The molecule has 0 spiro atoms. The first-order valence-corrected chi connectivity index (χ1v) is 7.20. The molecule has 0 saturated carbocycles. The number of hydrogen-bond acceptors (Lipinski definition) is 2. The molecular weight excluding hydrogens is 268 g/mol. The van der Waals surface area contributed by atoms with E-state index in [9.17, 15) is 4.79 Å². The monoisotopic (exact) mass is 290 g/mol. The Morgan fingerprint density at radius 1 is 1.56 bits per heavy atom. The van der Waals surface area contributed by atoms with Gasteiger partial charge in [-0.1, -0.05) is 29.8 Å². The molecule has 0 aromatic heterocycles. The molecule has 0 aromatic carbocycles. The molecular formula is C12H23BrN2O. The molecule has 1 rings (SSSR count). The Morgan fingerprint density at radius 3 is 2.75 bits per heavy atom. The number of halogens is 1. The van der Waals surface area contributed by atoms with E-state index in [4.69, 9.17) is 0 Å². The second-order valence-corrected chi connectivity index (χ2v) is 5.75. The number of nitrogens with zero attached hydrogens (tertiary/aromatic N) is 1. The van der Waals surface area contributed by atoms with Crippen LogP contribution in [0.3, 0.4) is 0 Å². The van der Waals surface area contributed by atoms with Crippen molar-refractivity contribution in [3.8, 4) is 0 Å². The lowest BCUT2D eigenvalue weighted by molar-refractivity contribution is -0.119. The van der Waals surface area contributed by atoms with Gasteiger partial charge in [0, 0.05) is 37.9 Å². The Hall–Kier alpha value is -0.0900. The number of rotatable bonds is 5. The molecule has 2 atom stereocenters. The average molecular weight is 291 g/mol. The molecule has 1 aliphatic rings. The largest absolute Gasteiger partial charge is 0.352 e. The zero-order chi connectivity index (χ0) is 12.1. The van der Waals surface area contributed by atoms with Crippen LogP contribution in [0, 0.1) is 11.8 Å². The fraction of sp³-hybridized carbons (Fsp3) is 0.917. The highest BCUT2D eigenvalue weighted by molar-refractivity contribution is 9.09. The Balaban J connectivity index is 2.32.